The molecule has 0 saturated heterocycles. The Balaban J connectivity index is 2.16. The van der Waals surface area contributed by atoms with Gasteiger partial charge in [-0.15, -0.1) is 0 Å². The highest BCUT2D eigenvalue weighted by Crippen LogP contribution is 2.25. The molecule has 1 rings (SSSR count). The highest BCUT2D eigenvalue weighted by molar-refractivity contribution is 5.77. The molecule has 3 N–H and O–H groups in total. The maximum Gasteiger partial charge on any atom is 0.314 e. The van der Waals surface area contributed by atoms with Crippen molar-refractivity contribution in [3.05, 3.63) is 0 Å². The van der Waals surface area contributed by atoms with Gasteiger partial charge in [-0.3, -0.25) is 4.79 Å². The quantitative estimate of drug-likeness (QED) is 0.661. The molecule has 16 heavy (non-hydrogen) atoms. The number of aliphatic carboxylic acids is 1. The van der Waals surface area contributed by atoms with Crippen LogP contribution < -0.4 is 10.6 Å². The Morgan fingerprint density at radius 2 is 1.94 bits per heavy atom. The van der Waals surface area contributed by atoms with Crippen molar-refractivity contribution in [1.82, 2.24) is 10.6 Å². The number of amides is 2. The van der Waals surface area contributed by atoms with Crippen LogP contribution in [0.2, 0.25) is 0 Å². The number of carboxylic acid groups (broad SMARTS) is 1. The number of carboxylic acids is 1. The topological polar surface area (TPSA) is 78.4 Å². The molecule has 0 aromatic rings. The monoisotopic (exact) mass is 228 g/mol. The Labute approximate surface area is 95.6 Å². The lowest BCUT2D eigenvalue weighted by atomic mass is 9.85. The first-order chi connectivity index (χ1) is 7.42. The third-order valence-electron chi connectivity index (χ3n) is 3.05. The van der Waals surface area contributed by atoms with Crippen LogP contribution in [0, 0.1) is 11.3 Å². The van der Waals surface area contributed by atoms with E-state index >= 15 is 0 Å². The van der Waals surface area contributed by atoms with Gasteiger partial charge in [0.25, 0.3) is 0 Å². The van der Waals surface area contributed by atoms with Gasteiger partial charge < -0.3 is 15.7 Å². The van der Waals surface area contributed by atoms with Gasteiger partial charge >= 0.3 is 12.0 Å². The lowest BCUT2D eigenvalue weighted by Gasteiger charge is -2.26. The van der Waals surface area contributed by atoms with Crippen molar-refractivity contribution in [3.63, 3.8) is 0 Å². The zero-order chi connectivity index (χ0) is 12.2. The number of urea groups is 1. The molecular weight excluding hydrogens is 208 g/mol. The number of hydrogen-bond donors (Lipinski definition) is 3. The lowest BCUT2D eigenvalue weighted by molar-refractivity contribution is -0.146. The number of nitrogens with one attached hydrogen (secondary N) is 2. The van der Waals surface area contributed by atoms with E-state index in [0.717, 1.165) is 0 Å². The molecule has 0 aliphatic heterocycles. The van der Waals surface area contributed by atoms with Crippen LogP contribution in [0.4, 0.5) is 4.79 Å². The van der Waals surface area contributed by atoms with Gasteiger partial charge in [0.15, 0.2) is 0 Å². The van der Waals surface area contributed by atoms with Crippen molar-refractivity contribution in [2.24, 2.45) is 11.3 Å². The van der Waals surface area contributed by atoms with Gasteiger partial charge in [0.05, 0.1) is 5.41 Å². The van der Waals surface area contributed by atoms with Gasteiger partial charge in [0.1, 0.15) is 0 Å². The predicted octanol–water partition coefficient (Wildman–Crippen LogP) is 1.20. The number of carbonyl (C=O) groups excluding carboxylic acids is 1. The van der Waals surface area contributed by atoms with Crippen LogP contribution in [0.1, 0.15) is 33.1 Å². The molecule has 0 heterocycles. The molecule has 1 saturated carbocycles. The van der Waals surface area contributed by atoms with Gasteiger partial charge in [-0.05, 0) is 32.6 Å². The molecule has 0 aromatic carbocycles. The first-order valence-electron chi connectivity index (χ1n) is 5.67. The molecule has 0 bridgehead atoms. The maximum absolute atomic E-state index is 11.3. The van der Waals surface area contributed by atoms with Crippen LogP contribution in [0.5, 0.6) is 0 Å². The minimum atomic E-state index is -0.923. The Kier molecular flexibility index (Phi) is 4.15. The second-order valence-corrected chi connectivity index (χ2v) is 5.05. The molecule has 5 heteroatoms. The summed E-state index contributed by atoms with van der Waals surface area (Å²) in [7, 11) is 0. The molecular formula is C11H20N2O3. The third kappa shape index (κ3) is 3.72. The highest BCUT2D eigenvalue weighted by Gasteiger charge is 2.27. The molecule has 0 unspecified atom stereocenters. The number of rotatable bonds is 5. The number of carbonyl (C=O) groups is 2. The average Bonchev–Trinajstić information content (AvgIpc) is 2.12. The van der Waals surface area contributed by atoms with Crippen LogP contribution in [0.25, 0.3) is 0 Å². The van der Waals surface area contributed by atoms with Crippen LogP contribution in [0.3, 0.4) is 0 Å². The molecule has 1 fully saturated rings. The van der Waals surface area contributed by atoms with E-state index in [1.807, 2.05) is 0 Å². The van der Waals surface area contributed by atoms with Gasteiger partial charge in [0.2, 0.25) is 0 Å². The summed E-state index contributed by atoms with van der Waals surface area (Å²) in [6.45, 7) is 4.00. The zero-order valence-electron chi connectivity index (χ0n) is 9.88. The van der Waals surface area contributed by atoms with E-state index in [2.05, 4.69) is 10.6 Å². The zero-order valence-corrected chi connectivity index (χ0v) is 9.88. The molecule has 0 aromatic heterocycles. The van der Waals surface area contributed by atoms with Gasteiger partial charge in [0, 0.05) is 13.1 Å². The fourth-order valence-corrected chi connectivity index (χ4v) is 1.37. The van der Waals surface area contributed by atoms with Crippen molar-refractivity contribution in [1.29, 1.82) is 0 Å². The van der Waals surface area contributed by atoms with Gasteiger partial charge in [-0.2, -0.15) is 0 Å². The van der Waals surface area contributed by atoms with Crippen molar-refractivity contribution in [3.8, 4) is 0 Å². The fourth-order valence-electron chi connectivity index (χ4n) is 1.37. The van der Waals surface area contributed by atoms with E-state index in [0.29, 0.717) is 12.5 Å². The second-order valence-electron chi connectivity index (χ2n) is 5.05. The van der Waals surface area contributed by atoms with E-state index in [4.69, 9.17) is 5.11 Å². The van der Waals surface area contributed by atoms with Crippen LogP contribution in [-0.4, -0.2) is 30.2 Å². The van der Waals surface area contributed by atoms with Crippen molar-refractivity contribution < 1.29 is 14.7 Å². The van der Waals surface area contributed by atoms with E-state index in [1.165, 1.54) is 19.3 Å². The number of hydrogen-bond acceptors (Lipinski definition) is 2. The summed E-state index contributed by atoms with van der Waals surface area (Å²) < 4.78 is 0. The molecule has 5 nitrogen and oxygen atoms in total. The summed E-state index contributed by atoms with van der Waals surface area (Å²) in [5.74, 6) is -0.301. The van der Waals surface area contributed by atoms with E-state index < -0.39 is 11.4 Å². The molecule has 1 aliphatic rings. The smallest absolute Gasteiger partial charge is 0.314 e. The van der Waals surface area contributed by atoms with Crippen LogP contribution in [0.15, 0.2) is 0 Å². The van der Waals surface area contributed by atoms with Crippen LogP contribution >= 0.6 is 0 Å². The minimum Gasteiger partial charge on any atom is -0.481 e. The fraction of sp³-hybridized carbons (Fsp3) is 0.818. The minimum absolute atomic E-state index is 0.138. The van der Waals surface area contributed by atoms with E-state index in [9.17, 15) is 9.59 Å². The summed E-state index contributed by atoms with van der Waals surface area (Å²) in [6.07, 6.45) is 3.61. The van der Waals surface area contributed by atoms with E-state index in [-0.39, 0.29) is 12.6 Å². The summed E-state index contributed by atoms with van der Waals surface area (Å²) in [5, 5.41) is 14.2. The summed E-state index contributed by atoms with van der Waals surface area (Å²) in [5.41, 5.74) is -0.923. The van der Waals surface area contributed by atoms with Crippen LogP contribution in [-0.2, 0) is 4.79 Å². The maximum atomic E-state index is 11.3. The summed E-state index contributed by atoms with van der Waals surface area (Å²) in [4.78, 5) is 22.1. The third-order valence-corrected chi connectivity index (χ3v) is 3.05. The van der Waals surface area contributed by atoms with Gasteiger partial charge in [-0.25, -0.2) is 4.79 Å². The highest BCUT2D eigenvalue weighted by atomic mass is 16.4. The van der Waals surface area contributed by atoms with E-state index in [1.54, 1.807) is 13.8 Å². The molecule has 0 atom stereocenters. The van der Waals surface area contributed by atoms with Gasteiger partial charge in [-0.1, -0.05) is 6.42 Å². The summed E-state index contributed by atoms with van der Waals surface area (Å²) >= 11 is 0. The first kappa shape index (κ1) is 12.8. The predicted molar refractivity (Wildman–Crippen MR) is 60.2 cm³/mol. The molecule has 92 valence electrons. The standard InChI is InChI=1S/C11H20N2O3/c1-11(2,9(14)15)7-13-10(16)12-6-8-4-3-5-8/h8H,3-7H2,1-2H3,(H,14,15)(H2,12,13,16). The lowest BCUT2D eigenvalue weighted by Crippen LogP contribution is -2.45. The Bertz CT molecular complexity index is 272. The second kappa shape index (κ2) is 5.18. The Morgan fingerprint density at radius 3 is 2.38 bits per heavy atom. The normalized spacial score (nSPS) is 16.4. The average molecular weight is 228 g/mol. The van der Waals surface area contributed by atoms with Crippen molar-refractivity contribution in [2.75, 3.05) is 13.1 Å². The Hall–Kier alpha value is -1.26. The molecule has 1 aliphatic carbocycles. The molecule has 2 amide bonds. The van der Waals surface area contributed by atoms with Crippen molar-refractivity contribution in [2.45, 2.75) is 33.1 Å². The molecule has 0 spiro atoms. The SMILES string of the molecule is CC(C)(CNC(=O)NCC1CCC1)C(=O)O. The summed E-state index contributed by atoms with van der Waals surface area (Å²) in [6, 6.07) is -0.277. The Morgan fingerprint density at radius 1 is 1.31 bits per heavy atom. The largest absolute Gasteiger partial charge is 0.481 e. The first-order valence-corrected chi connectivity index (χ1v) is 5.67. The molecule has 0 radical (unpaired) electrons. The van der Waals surface area contributed by atoms with Crippen molar-refractivity contribution >= 4 is 12.0 Å².